The lowest BCUT2D eigenvalue weighted by Gasteiger charge is -2.03. The number of alkyl halides is 3. The predicted molar refractivity (Wildman–Crippen MR) is 21.1 cm³/mol. The van der Waals surface area contributed by atoms with E-state index in [-0.39, 0.29) is 6.54 Å². The van der Waals surface area contributed by atoms with Crippen LogP contribution < -0.4 is 5.73 Å². The van der Waals surface area contributed by atoms with Crippen LogP contribution in [0.2, 0.25) is 0 Å². The Morgan fingerprint density at radius 1 is 1.38 bits per heavy atom. The summed E-state index contributed by atoms with van der Waals surface area (Å²) in [5, 5.41) is 0. The van der Waals surface area contributed by atoms with Gasteiger partial charge in [0.2, 0.25) is 0 Å². The van der Waals surface area contributed by atoms with Crippen LogP contribution in [0.25, 0.3) is 0 Å². The molecule has 0 aliphatic heterocycles. The van der Waals surface area contributed by atoms with Gasteiger partial charge in [0.1, 0.15) is 0 Å². The molecule has 0 aromatic carbocycles. The third kappa shape index (κ3) is 5.71. The van der Waals surface area contributed by atoms with Crippen LogP contribution in [0.4, 0.5) is 13.2 Å². The maximum atomic E-state index is 11.0. The van der Waals surface area contributed by atoms with Crippen molar-refractivity contribution in [2.24, 2.45) is 5.73 Å². The molecule has 0 spiro atoms. The van der Waals surface area contributed by atoms with E-state index < -0.39 is 13.0 Å². The first-order chi connectivity index (χ1) is 3.56. The lowest BCUT2D eigenvalue weighted by atomic mass is 10.7. The SMILES string of the molecule is NCCOC(F)(F)F. The van der Waals surface area contributed by atoms with Crippen LogP contribution >= 0.6 is 0 Å². The van der Waals surface area contributed by atoms with Crippen LogP contribution in [0.1, 0.15) is 0 Å². The van der Waals surface area contributed by atoms with Crippen LogP contribution in [-0.2, 0) is 4.74 Å². The van der Waals surface area contributed by atoms with Crippen molar-refractivity contribution in [3.63, 3.8) is 0 Å². The number of ether oxygens (including phenoxy) is 1. The Morgan fingerprint density at radius 2 is 1.88 bits per heavy atom. The molecule has 0 rings (SSSR count). The van der Waals surface area contributed by atoms with Gasteiger partial charge < -0.3 is 5.73 Å². The lowest BCUT2D eigenvalue weighted by molar-refractivity contribution is -0.323. The van der Waals surface area contributed by atoms with Crippen molar-refractivity contribution in [1.82, 2.24) is 0 Å². The lowest BCUT2D eigenvalue weighted by Crippen LogP contribution is -2.19. The monoisotopic (exact) mass is 129 g/mol. The van der Waals surface area contributed by atoms with Gasteiger partial charge in [0, 0.05) is 6.54 Å². The van der Waals surface area contributed by atoms with Crippen molar-refractivity contribution < 1.29 is 17.9 Å². The van der Waals surface area contributed by atoms with Crippen LogP contribution in [-0.4, -0.2) is 19.5 Å². The minimum absolute atomic E-state index is 0.112. The molecule has 0 aliphatic rings. The summed E-state index contributed by atoms with van der Waals surface area (Å²) >= 11 is 0. The van der Waals surface area contributed by atoms with Crippen molar-refractivity contribution in [2.75, 3.05) is 13.2 Å². The molecule has 0 atom stereocenters. The minimum atomic E-state index is -4.53. The molecule has 0 radical (unpaired) electrons. The summed E-state index contributed by atoms with van der Waals surface area (Å²) < 4.78 is 36.1. The van der Waals surface area contributed by atoms with Crippen LogP contribution in [0, 0.1) is 0 Å². The number of nitrogens with two attached hydrogens (primary N) is 1. The molecular weight excluding hydrogens is 123 g/mol. The van der Waals surface area contributed by atoms with E-state index in [1.54, 1.807) is 0 Å². The van der Waals surface area contributed by atoms with Gasteiger partial charge in [-0.25, -0.2) is 0 Å². The molecule has 0 heterocycles. The summed E-state index contributed by atoms with van der Waals surface area (Å²) in [6.07, 6.45) is -4.53. The van der Waals surface area contributed by atoms with Gasteiger partial charge in [-0.15, -0.1) is 13.2 Å². The van der Waals surface area contributed by atoms with Gasteiger partial charge in [-0.1, -0.05) is 0 Å². The molecule has 0 fully saturated rings. The van der Waals surface area contributed by atoms with Crippen molar-refractivity contribution in [1.29, 1.82) is 0 Å². The topological polar surface area (TPSA) is 35.2 Å². The Kier molecular flexibility index (Phi) is 2.78. The highest BCUT2D eigenvalue weighted by molar-refractivity contribution is 4.31. The molecule has 50 valence electrons. The molecule has 8 heavy (non-hydrogen) atoms. The van der Waals surface area contributed by atoms with Gasteiger partial charge in [0.05, 0.1) is 6.61 Å². The largest absolute Gasteiger partial charge is 0.522 e. The number of hydrogen-bond donors (Lipinski definition) is 1. The first-order valence-electron chi connectivity index (χ1n) is 1.97. The number of halogens is 3. The zero-order valence-corrected chi connectivity index (χ0v) is 4.03. The second-order valence-electron chi connectivity index (χ2n) is 1.08. The Hall–Kier alpha value is -0.290. The molecule has 5 heteroatoms. The first kappa shape index (κ1) is 7.71. The molecule has 0 aromatic heterocycles. The standard InChI is InChI=1S/C3H6F3NO/c4-3(5,6)8-2-1-7/h1-2,7H2. The van der Waals surface area contributed by atoms with Gasteiger partial charge in [-0.2, -0.15) is 0 Å². The third-order valence-corrected chi connectivity index (χ3v) is 0.384. The quantitative estimate of drug-likeness (QED) is 0.588. The zero-order chi connectivity index (χ0) is 6.62. The molecule has 0 unspecified atom stereocenters. The normalized spacial score (nSPS) is 12.0. The van der Waals surface area contributed by atoms with Crippen LogP contribution in [0.3, 0.4) is 0 Å². The molecule has 0 saturated carbocycles. The second kappa shape index (κ2) is 2.88. The molecule has 2 N–H and O–H groups in total. The zero-order valence-electron chi connectivity index (χ0n) is 4.03. The maximum absolute atomic E-state index is 11.0. The fraction of sp³-hybridized carbons (Fsp3) is 1.00. The van der Waals surface area contributed by atoms with Crippen molar-refractivity contribution >= 4 is 0 Å². The van der Waals surface area contributed by atoms with Crippen LogP contribution in [0.5, 0.6) is 0 Å². The molecular formula is C3H6F3NO. The molecule has 0 aliphatic carbocycles. The second-order valence-corrected chi connectivity index (χ2v) is 1.08. The Morgan fingerprint density at radius 3 is 2.00 bits per heavy atom. The van der Waals surface area contributed by atoms with Crippen LogP contribution in [0.15, 0.2) is 0 Å². The minimum Gasteiger partial charge on any atom is -0.328 e. The summed E-state index contributed by atoms with van der Waals surface area (Å²) in [5.74, 6) is 0. The van der Waals surface area contributed by atoms with E-state index in [1.165, 1.54) is 0 Å². The van der Waals surface area contributed by atoms with E-state index in [2.05, 4.69) is 4.74 Å². The van der Waals surface area contributed by atoms with Gasteiger partial charge in [-0.05, 0) is 0 Å². The van der Waals surface area contributed by atoms with E-state index in [0.717, 1.165) is 0 Å². The fourth-order valence-corrected chi connectivity index (χ4v) is 0.175. The fourth-order valence-electron chi connectivity index (χ4n) is 0.175. The molecule has 0 aromatic rings. The van der Waals surface area contributed by atoms with Crippen molar-refractivity contribution in [2.45, 2.75) is 6.36 Å². The van der Waals surface area contributed by atoms with Gasteiger partial charge in [0.15, 0.2) is 0 Å². The summed E-state index contributed by atoms with van der Waals surface area (Å²) in [4.78, 5) is 0. The summed E-state index contributed by atoms with van der Waals surface area (Å²) in [5.41, 5.74) is 4.71. The molecule has 0 bridgehead atoms. The molecule has 0 saturated heterocycles. The third-order valence-electron chi connectivity index (χ3n) is 0.384. The highest BCUT2D eigenvalue weighted by Crippen LogP contribution is 2.14. The highest BCUT2D eigenvalue weighted by atomic mass is 19.4. The summed E-state index contributed by atoms with van der Waals surface area (Å²) in [6.45, 7) is -0.580. The first-order valence-corrected chi connectivity index (χ1v) is 1.97. The average molecular weight is 129 g/mol. The van der Waals surface area contributed by atoms with Crippen molar-refractivity contribution in [3.05, 3.63) is 0 Å². The highest BCUT2D eigenvalue weighted by Gasteiger charge is 2.28. The number of rotatable bonds is 2. The van der Waals surface area contributed by atoms with Gasteiger partial charge in [0.25, 0.3) is 0 Å². The van der Waals surface area contributed by atoms with E-state index in [4.69, 9.17) is 5.73 Å². The van der Waals surface area contributed by atoms with E-state index >= 15 is 0 Å². The van der Waals surface area contributed by atoms with E-state index in [9.17, 15) is 13.2 Å². The maximum Gasteiger partial charge on any atom is 0.522 e. The summed E-state index contributed by atoms with van der Waals surface area (Å²) in [7, 11) is 0. The molecule has 2 nitrogen and oxygen atoms in total. The average Bonchev–Trinajstić information content (AvgIpc) is 1.59. The smallest absolute Gasteiger partial charge is 0.328 e. The Balaban J connectivity index is 3.11. The Bertz CT molecular complexity index is 62.0. The van der Waals surface area contributed by atoms with E-state index in [0.29, 0.717) is 0 Å². The summed E-state index contributed by atoms with van der Waals surface area (Å²) in [6, 6.07) is 0. The Labute approximate surface area is 44.4 Å². The van der Waals surface area contributed by atoms with Gasteiger partial charge >= 0.3 is 6.36 Å². The van der Waals surface area contributed by atoms with Gasteiger partial charge in [-0.3, -0.25) is 4.74 Å². The number of hydrogen-bond acceptors (Lipinski definition) is 2. The van der Waals surface area contributed by atoms with Crippen molar-refractivity contribution in [3.8, 4) is 0 Å². The predicted octanol–water partition coefficient (Wildman–Crippen LogP) is 0.481. The molecule has 0 amide bonds. The van der Waals surface area contributed by atoms with E-state index in [1.807, 2.05) is 0 Å².